The topological polar surface area (TPSA) is 85.8 Å². The van der Waals surface area contributed by atoms with Crippen LogP contribution in [0.1, 0.15) is 57.8 Å². The number of nitrogens with zero attached hydrogens (tertiary/aromatic N) is 3. The zero-order valence-corrected chi connectivity index (χ0v) is 17.8. The lowest BCUT2D eigenvalue weighted by Crippen LogP contribution is -2.37. The summed E-state index contributed by atoms with van der Waals surface area (Å²) in [5.41, 5.74) is 0.713. The van der Waals surface area contributed by atoms with Crippen LogP contribution in [-0.2, 0) is 9.59 Å². The summed E-state index contributed by atoms with van der Waals surface area (Å²) < 4.78 is 0. The van der Waals surface area contributed by atoms with Gasteiger partial charge < -0.3 is 20.2 Å². The molecule has 2 N–H and O–H groups in total. The van der Waals surface area contributed by atoms with E-state index in [-0.39, 0.29) is 24.3 Å². The molecular weight excluding hydrogens is 380 g/mol. The Bertz CT molecular complexity index is 740. The average molecular weight is 415 g/mol. The molecule has 1 aromatic rings. The normalized spacial score (nSPS) is 24.2. The summed E-state index contributed by atoms with van der Waals surface area (Å²) >= 11 is 0. The van der Waals surface area contributed by atoms with Gasteiger partial charge in [-0.1, -0.05) is 25.7 Å². The van der Waals surface area contributed by atoms with Gasteiger partial charge >= 0.3 is 0 Å². The molecule has 1 unspecified atom stereocenters. The number of piperidine rings is 1. The van der Waals surface area contributed by atoms with Gasteiger partial charge in [-0.15, -0.1) is 0 Å². The maximum absolute atomic E-state index is 13.0. The molecule has 1 aliphatic carbocycles. The van der Waals surface area contributed by atoms with Crippen molar-refractivity contribution < 1.29 is 14.7 Å². The van der Waals surface area contributed by atoms with Crippen LogP contribution in [0.5, 0.6) is 0 Å². The van der Waals surface area contributed by atoms with Gasteiger partial charge in [-0.3, -0.25) is 9.59 Å². The monoisotopic (exact) mass is 414 g/mol. The SMILES string of the molecule is O=C(Nc1cccnc1N1CCC(CO)CC1)C1CC(=O)N(C2CCCCCC2)C1. The Labute approximate surface area is 178 Å². The number of carbonyl (C=O) groups excluding carboxylic acids is 2. The first-order valence-corrected chi connectivity index (χ1v) is 11.6. The Morgan fingerprint density at radius 3 is 2.57 bits per heavy atom. The predicted octanol–water partition coefficient (Wildman–Crippen LogP) is 2.80. The number of nitrogens with one attached hydrogen (secondary N) is 1. The van der Waals surface area contributed by atoms with Crippen molar-refractivity contribution in [2.24, 2.45) is 11.8 Å². The first kappa shape index (κ1) is 21.1. The predicted molar refractivity (Wildman–Crippen MR) is 116 cm³/mol. The number of anilines is 2. The smallest absolute Gasteiger partial charge is 0.229 e. The number of carbonyl (C=O) groups is 2. The number of aliphatic hydroxyl groups excluding tert-OH is 1. The van der Waals surface area contributed by atoms with E-state index in [1.54, 1.807) is 6.20 Å². The zero-order chi connectivity index (χ0) is 20.9. The van der Waals surface area contributed by atoms with Crippen molar-refractivity contribution in [3.63, 3.8) is 0 Å². The Hall–Kier alpha value is -2.15. The highest BCUT2D eigenvalue weighted by Crippen LogP contribution is 2.31. The van der Waals surface area contributed by atoms with Crippen molar-refractivity contribution in [3.05, 3.63) is 18.3 Å². The number of amides is 2. The molecule has 3 heterocycles. The number of hydrogen-bond acceptors (Lipinski definition) is 5. The second-order valence-corrected chi connectivity index (χ2v) is 9.07. The molecular formula is C23H34N4O3. The molecule has 7 nitrogen and oxygen atoms in total. The molecule has 4 rings (SSSR count). The molecule has 0 aromatic carbocycles. The third-order valence-electron chi connectivity index (χ3n) is 7.01. The molecule has 3 aliphatic rings. The van der Waals surface area contributed by atoms with Crippen molar-refractivity contribution >= 4 is 23.3 Å². The zero-order valence-electron chi connectivity index (χ0n) is 17.8. The fourth-order valence-electron chi connectivity index (χ4n) is 5.14. The van der Waals surface area contributed by atoms with Crippen LogP contribution >= 0.6 is 0 Å². The highest BCUT2D eigenvalue weighted by atomic mass is 16.3. The third kappa shape index (κ3) is 4.77. The minimum atomic E-state index is -0.297. The minimum absolute atomic E-state index is 0.0843. The van der Waals surface area contributed by atoms with Crippen LogP contribution in [-0.4, -0.2) is 59.1 Å². The van der Waals surface area contributed by atoms with Crippen molar-refractivity contribution in [1.82, 2.24) is 9.88 Å². The molecule has 1 aromatic heterocycles. The lowest BCUT2D eigenvalue weighted by atomic mass is 9.98. The van der Waals surface area contributed by atoms with Crippen molar-refractivity contribution in [2.75, 3.05) is 36.5 Å². The maximum Gasteiger partial charge on any atom is 0.229 e. The Kier molecular flexibility index (Phi) is 6.87. The van der Waals surface area contributed by atoms with Gasteiger partial charge in [-0.05, 0) is 43.7 Å². The number of aliphatic hydroxyl groups is 1. The molecule has 2 saturated heterocycles. The van der Waals surface area contributed by atoms with Gasteiger partial charge in [-0.25, -0.2) is 4.98 Å². The summed E-state index contributed by atoms with van der Waals surface area (Å²) in [6.07, 6.45) is 10.9. The van der Waals surface area contributed by atoms with Crippen LogP contribution in [0.25, 0.3) is 0 Å². The molecule has 164 valence electrons. The van der Waals surface area contributed by atoms with Gasteiger partial charge in [0.05, 0.1) is 11.6 Å². The molecule has 1 saturated carbocycles. The second-order valence-electron chi connectivity index (χ2n) is 9.07. The second kappa shape index (κ2) is 9.77. The maximum atomic E-state index is 13.0. The quantitative estimate of drug-likeness (QED) is 0.724. The molecule has 7 heteroatoms. The third-order valence-corrected chi connectivity index (χ3v) is 7.01. The van der Waals surface area contributed by atoms with Gasteiger partial charge in [0.1, 0.15) is 0 Å². The fourth-order valence-corrected chi connectivity index (χ4v) is 5.14. The molecule has 1 atom stereocenters. The van der Waals surface area contributed by atoms with Crippen LogP contribution in [0, 0.1) is 11.8 Å². The van der Waals surface area contributed by atoms with Crippen LogP contribution in [0.15, 0.2) is 18.3 Å². The van der Waals surface area contributed by atoms with E-state index in [2.05, 4.69) is 15.2 Å². The first-order chi connectivity index (χ1) is 14.7. The number of likely N-dealkylation sites (tertiary alicyclic amines) is 1. The molecule has 0 spiro atoms. The number of aromatic nitrogens is 1. The van der Waals surface area contributed by atoms with E-state index in [1.807, 2.05) is 17.0 Å². The van der Waals surface area contributed by atoms with Gasteiger partial charge in [0, 0.05) is 44.9 Å². The summed E-state index contributed by atoms with van der Waals surface area (Å²) in [5, 5.41) is 12.4. The van der Waals surface area contributed by atoms with E-state index in [0.29, 0.717) is 30.6 Å². The van der Waals surface area contributed by atoms with Gasteiger partial charge in [0.2, 0.25) is 11.8 Å². The van der Waals surface area contributed by atoms with Gasteiger partial charge in [0.15, 0.2) is 5.82 Å². The number of rotatable bonds is 5. The summed E-state index contributed by atoms with van der Waals surface area (Å²) in [6, 6.07) is 4.02. The summed E-state index contributed by atoms with van der Waals surface area (Å²) in [4.78, 5) is 34.3. The largest absolute Gasteiger partial charge is 0.396 e. The molecule has 0 bridgehead atoms. The summed E-state index contributed by atoms with van der Waals surface area (Å²) in [5.74, 6) is 0.877. The minimum Gasteiger partial charge on any atom is -0.396 e. The molecule has 0 radical (unpaired) electrons. The number of pyridine rings is 1. The Morgan fingerprint density at radius 2 is 1.87 bits per heavy atom. The summed E-state index contributed by atoms with van der Waals surface area (Å²) in [6.45, 7) is 2.41. The molecule has 3 fully saturated rings. The highest BCUT2D eigenvalue weighted by molar-refractivity contribution is 5.99. The molecule has 30 heavy (non-hydrogen) atoms. The van der Waals surface area contributed by atoms with E-state index >= 15 is 0 Å². The standard InChI is InChI=1S/C23H34N4O3/c28-16-17-9-12-26(13-10-17)22-20(8-5-11-24-22)25-23(30)18-14-21(29)27(15-18)19-6-3-1-2-4-7-19/h5,8,11,17-19,28H,1-4,6-7,9-10,12-16H2,(H,25,30). The molecule has 2 amide bonds. The van der Waals surface area contributed by atoms with Gasteiger partial charge in [0.25, 0.3) is 0 Å². The Morgan fingerprint density at radius 1 is 1.13 bits per heavy atom. The van der Waals surface area contributed by atoms with E-state index in [4.69, 9.17) is 0 Å². The highest BCUT2D eigenvalue weighted by Gasteiger charge is 2.38. The van der Waals surface area contributed by atoms with E-state index in [0.717, 1.165) is 44.6 Å². The van der Waals surface area contributed by atoms with Crippen molar-refractivity contribution in [1.29, 1.82) is 0 Å². The first-order valence-electron chi connectivity index (χ1n) is 11.6. The van der Waals surface area contributed by atoms with Gasteiger partial charge in [-0.2, -0.15) is 0 Å². The lowest BCUT2D eigenvalue weighted by molar-refractivity contribution is -0.130. The lowest BCUT2D eigenvalue weighted by Gasteiger charge is -2.33. The van der Waals surface area contributed by atoms with E-state index in [9.17, 15) is 14.7 Å². The van der Waals surface area contributed by atoms with Crippen molar-refractivity contribution in [2.45, 2.75) is 63.8 Å². The fraction of sp³-hybridized carbons (Fsp3) is 0.696. The molecule has 2 aliphatic heterocycles. The number of hydrogen-bond donors (Lipinski definition) is 2. The van der Waals surface area contributed by atoms with Crippen molar-refractivity contribution in [3.8, 4) is 0 Å². The summed E-state index contributed by atoms with van der Waals surface area (Å²) in [7, 11) is 0. The van der Waals surface area contributed by atoms with Crippen LogP contribution in [0.4, 0.5) is 11.5 Å². The van der Waals surface area contributed by atoms with Crippen LogP contribution in [0.3, 0.4) is 0 Å². The average Bonchev–Trinajstić information content (AvgIpc) is 2.98. The Balaban J connectivity index is 1.39. The van der Waals surface area contributed by atoms with E-state index in [1.165, 1.54) is 25.7 Å². The van der Waals surface area contributed by atoms with Crippen LogP contribution < -0.4 is 10.2 Å². The van der Waals surface area contributed by atoms with Crippen LogP contribution in [0.2, 0.25) is 0 Å². The van der Waals surface area contributed by atoms with E-state index < -0.39 is 0 Å².